The monoisotopic (exact) mass is 2110 g/mol. The second-order valence-corrected chi connectivity index (χ2v) is 41.8. The fraction of sp³-hybridized carbons (Fsp3) is 0.938. The molecule has 0 aliphatic carbocycles. The fourth-order valence-corrected chi connectivity index (χ4v) is 18.2. The summed E-state index contributed by atoms with van der Waals surface area (Å²) in [5, 5.41) is 5.72. The van der Waals surface area contributed by atoms with Crippen molar-refractivity contribution < 1.29 is 238 Å². The lowest BCUT2D eigenvalue weighted by Crippen LogP contribution is -2.65. The second kappa shape index (κ2) is 56.1. The summed E-state index contributed by atoms with van der Waals surface area (Å²) in [6, 6.07) is 0. The van der Waals surface area contributed by atoms with E-state index in [4.69, 9.17) is 47.4 Å². The molecule has 18 unspecified atom stereocenters. The standard InChI is InChI=1S/C65H118N2O54S10/c1-43-37-47(114-124(78,79)80)55(116-126(84,85)86)63(108-43)112-53-49(39-106-122(72,73)74)110-61(59(120-130(96,97)98)57(53)118-128(90,91)92)104-33-23-15-7-11-19-27-45(68)25-17-9-5-13-21-31-66-51(70)29-35-102-41-65(3,4)42-103-36-30-52(71)67-32-22-14-6-10-18-26-46(69)28-20-12-8-16-24-34-105-62-60(121-131(99,100)101)58(119-129(93,94)95)54(50(111-62)40-107-123(75,76)77)113-64-56(117-127(87,88)89)48(38-44(2)109-64)115-125(81,82)83/h43-44,47-50,53-64H,5-42H2,1-4H3,(H,66,70)(H,67,71)(H,72,73,74)(H,75,76,77)(H,78,79,80)(H,81,82,83)(H,84,85,86)(H,87,88,89)(H,90,91,92)(H,93,94,95)(H,96,97,98)(H,99,100,101). The van der Waals surface area contributed by atoms with Gasteiger partial charge in [-0.25, -0.2) is 41.8 Å². The number of nitrogens with one attached hydrogen (secondary N) is 2. The SMILES string of the molecule is CC1CC(OS(=O)(=O)O)C(OS(=O)(=O)O)C(OC2C(COS(=O)(=O)O)OC(OCCCCCCCC(=O)CCCCCCCNC(=O)CCOCC(C)(C)COCCC(=O)NCCCCCCCC(=O)CCCCCCCOC3OC(COS(=O)(=O)O)C(OC4OC(C)CC(OS(=O)(=O)O)C4OS(=O)(=O)O)C(OS(=O)(=O)O)C3OS(=O)(=O)O)C(OS(=O)(=O)O)C2OS(=O)(=O)O)O1. The van der Waals surface area contributed by atoms with Crippen LogP contribution < -0.4 is 10.6 Å². The number of carbonyl (C=O) groups excluding carboxylic acids is 4. The van der Waals surface area contributed by atoms with Crippen LogP contribution in [0.1, 0.15) is 207 Å². The Labute approximate surface area is 760 Å². The van der Waals surface area contributed by atoms with E-state index in [0.29, 0.717) is 103 Å². The average Bonchev–Trinajstić information content (AvgIpc) is 0.767. The normalized spacial score (nSPS) is 26.1. The third-order valence-corrected chi connectivity index (χ3v) is 23.8. The summed E-state index contributed by atoms with van der Waals surface area (Å²) in [7, 11) is -56.2. The maximum atomic E-state index is 12.6. The van der Waals surface area contributed by atoms with Crippen LogP contribution in [0, 0.1) is 5.41 Å². The van der Waals surface area contributed by atoms with E-state index in [0.717, 1.165) is 38.5 Å². The Morgan fingerprint density at radius 3 is 0.863 bits per heavy atom. The van der Waals surface area contributed by atoms with Crippen molar-refractivity contribution >= 4 is 127 Å². The molecule has 0 spiro atoms. The molecule has 18 atom stereocenters. The molecule has 4 fully saturated rings. The lowest BCUT2D eigenvalue weighted by Gasteiger charge is -2.46. The molecule has 12 N–H and O–H groups in total. The number of rotatable bonds is 70. The van der Waals surface area contributed by atoms with Gasteiger partial charge in [-0.2, -0.15) is 84.2 Å². The maximum absolute atomic E-state index is 12.6. The first-order valence-corrected chi connectivity index (χ1v) is 54.4. The molecule has 66 heteroatoms. The molecule has 4 heterocycles. The Morgan fingerprint density at radius 1 is 0.305 bits per heavy atom. The minimum Gasteiger partial charge on any atom is -0.380 e. The molecule has 4 aliphatic heterocycles. The first kappa shape index (κ1) is 120. The Balaban J connectivity index is 1.03. The summed E-state index contributed by atoms with van der Waals surface area (Å²) >= 11 is 0. The second-order valence-electron chi connectivity index (χ2n) is 31.2. The highest BCUT2D eigenvalue weighted by Gasteiger charge is 2.58. The molecular formula is C65H118N2O54S10. The van der Waals surface area contributed by atoms with Crippen molar-refractivity contribution in [1.29, 1.82) is 0 Å². The van der Waals surface area contributed by atoms with Gasteiger partial charge in [0.15, 0.2) is 49.6 Å². The van der Waals surface area contributed by atoms with Gasteiger partial charge in [0, 0.05) is 83.1 Å². The van der Waals surface area contributed by atoms with E-state index in [9.17, 15) is 149 Å². The number of amides is 2. The predicted molar refractivity (Wildman–Crippen MR) is 435 cm³/mol. The van der Waals surface area contributed by atoms with Crippen LogP contribution in [0.5, 0.6) is 0 Å². The third-order valence-electron chi connectivity index (χ3n) is 19.2. The van der Waals surface area contributed by atoms with E-state index in [1.807, 2.05) is 13.8 Å². The maximum Gasteiger partial charge on any atom is 0.397 e. The van der Waals surface area contributed by atoms with Crippen molar-refractivity contribution in [3.8, 4) is 0 Å². The number of carbonyl (C=O) groups is 4. The first-order valence-electron chi connectivity index (χ1n) is 40.8. The number of Topliss-reactive ketones (excluding diaryl/α,β-unsaturated/α-hetero) is 2. The molecule has 4 aliphatic rings. The van der Waals surface area contributed by atoms with Gasteiger partial charge in [0.2, 0.25) is 11.8 Å². The molecule has 56 nitrogen and oxygen atoms in total. The molecule has 0 aromatic carbocycles. The summed E-state index contributed by atoms with van der Waals surface area (Å²) in [6.45, 7) is 4.27. The molecule has 0 aromatic heterocycles. The minimum absolute atomic E-state index is 0.0356. The van der Waals surface area contributed by atoms with E-state index in [1.54, 1.807) is 0 Å². The molecule has 4 saturated heterocycles. The van der Waals surface area contributed by atoms with Crippen LogP contribution in [-0.2, 0) is 212 Å². The van der Waals surface area contributed by atoms with Crippen LogP contribution in [0.4, 0.5) is 0 Å². The smallest absolute Gasteiger partial charge is 0.380 e. The van der Waals surface area contributed by atoms with Crippen LogP contribution >= 0.6 is 0 Å². The lowest BCUT2D eigenvalue weighted by molar-refractivity contribution is -0.338. The van der Waals surface area contributed by atoms with Crippen LogP contribution in [0.25, 0.3) is 0 Å². The topological polar surface area (TPSA) is 821 Å². The van der Waals surface area contributed by atoms with E-state index >= 15 is 0 Å². The summed E-state index contributed by atoms with van der Waals surface area (Å²) in [4.78, 5) is 50.2. The first-order chi connectivity index (χ1) is 60.4. The summed E-state index contributed by atoms with van der Waals surface area (Å²) in [5.74, 6) is -0.307. The molecule has 0 radical (unpaired) electrons. The van der Waals surface area contributed by atoms with Gasteiger partial charge in [-0.3, -0.25) is 64.7 Å². The summed E-state index contributed by atoms with van der Waals surface area (Å²) in [5.41, 5.74) is -0.430. The van der Waals surface area contributed by atoms with E-state index in [-0.39, 0.29) is 88.3 Å². The van der Waals surface area contributed by atoms with Gasteiger partial charge < -0.3 is 58.0 Å². The zero-order valence-electron chi connectivity index (χ0n) is 71.3. The highest BCUT2D eigenvalue weighted by molar-refractivity contribution is 7.83. The molecule has 772 valence electrons. The zero-order valence-corrected chi connectivity index (χ0v) is 79.4. The Kier molecular flexibility index (Phi) is 51.4. The van der Waals surface area contributed by atoms with Crippen molar-refractivity contribution in [2.75, 3.05) is 65.9 Å². The molecule has 131 heavy (non-hydrogen) atoms. The summed E-state index contributed by atoms with van der Waals surface area (Å²) < 4.78 is 435. The number of ether oxygens (including phenoxy) is 10. The van der Waals surface area contributed by atoms with Gasteiger partial charge in [-0.15, -0.1) is 0 Å². The number of hydrogen-bond donors (Lipinski definition) is 12. The average molecular weight is 2110 g/mol. The van der Waals surface area contributed by atoms with Gasteiger partial charge >= 0.3 is 104 Å². The number of ketones is 2. The number of unbranched alkanes of at least 4 members (excludes halogenated alkanes) is 16. The van der Waals surface area contributed by atoms with Crippen molar-refractivity contribution in [2.45, 2.75) is 318 Å². The Bertz CT molecular complexity index is 4430. The zero-order chi connectivity index (χ0) is 98.6. The number of hydrogen-bond acceptors (Lipinski definition) is 44. The van der Waals surface area contributed by atoms with Gasteiger partial charge in [-0.05, 0) is 65.2 Å². The van der Waals surface area contributed by atoms with Crippen molar-refractivity contribution in [1.82, 2.24) is 10.6 Å². The highest BCUT2D eigenvalue weighted by atomic mass is 32.3. The van der Waals surface area contributed by atoms with Crippen LogP contribution in [-0.4, -0.2) is 330 Å². The molecule has 0 saturated carbocycles. The summed E-state index contributed by atoms with van der Waals surface area (Å²) in [6.07, 6.45) is -29.5. The van der Waals surface area contributed by atoms with E-state index < -0.39 is 259 Å². The molecule has 2 amide bonds. The fourth-order valence-electron chi connectivity index (χ4n) is 13.7. The Hall–Kier alpha value is -3.42. The van der Waals surface area contributed by atoms with E-state index in [1.165, 1.54) is 13.8 Å². The van der Waals surface area contributed by atoms with Crippen LogP contribution in [0.3, 0.4) is 0 Å². The third kappa shape index (κ3) is 55.2. The van der Waals surface area contributed by atoms with Crippen molar-refractivity contribution in [3.63, 3.8) is 0 Å². The van der Waals surface area contributed by atoms with Gasteiger partial charge in [0.25, 0.3) is 0 Å². The predicted octanol–water partition coefficient (Wildman–Crippen LogP) is 1.22. The van der Waals surface area contributed by atoms with Crippen molar-refractivity contribution in [2.24, 2.45) is 5.41 Å². The van der Waals surface area contributed by atoms with E-state index in [2.05, 4.69) is 52.5 Å². The van der Waals surface area contributed by atoms with Gasteiger partial charge in [-0.1, -0.05) is 90.9 Å². The highest BCUT2D eigenvalue weighted by Crippen LogP contribution is 2.39. The largest absolute Gasteiger partial charge is 0.397 e. The van der Waals surface area contributed by atoms with Gasteiger partial charge in [0.05, 0.1) is 51.8 Å². The molecule has 0 aromatic rings. The lowest BCUT2D eigenvalue weighted by atomic mass is 9.96. The quantitative estimate of drug-likeness (QED) is 0.0301. The Morgan fingerprint density at radius 2 is 0.573 bits per heavy atom. The van der Waals surface area contributed by atoms with Crippen LogP contribution in [0.2, 0.25) is 0 Å². The minimum atomic E-state index is -5.82. The molecular weight excluding hydrogens is 1990 g/mol. The molecule has 0 bridgehead atoms. The van der Waals surface area contributed by atoms with Gasteiger partial charge in [0.1, 0.15) is 60.4 Å². The van der Waals surface area contributed by atoms with Crippen LogP contribution in [0.15, 0.2) is 0 Å². The van der Waals surface area contributed by atoms with Crippen molar-refractivity contribution in [3.05, 3.63) is 0 Å². The molecule has 4 rings (SSSR count).